The lowest BCUT2D eigenvalue weighted by Crippen LogP contribution is -2.34. The molecule has 1 saturated carbocycles. The van der Waals surface area contributed by atoms with E-state index in [1.807, 2.05) is 12.4 Å². The van der Waals surface area contributed by atoms with Gasteiger partial charge in [0.05, 0.1) is 12.3 Å². The molecule has 1 aliphatic carbocycles. The Balaban J connectivity index is 2.17. The van der Waals surface area contributed by atoms with Gasteiger partial charge in [-0.25, -0.2) is 0 Å². The molecule has 2 unspecified atom stereocenters. The van der Waals surface area contributed by atoms with Gasteiger partial charge in [0.1, 0.15) is 5.75 Å². The molecule has 0 amide bonds. The second kappa shape index (κ2) is 7.63. The number of likely N-dealkylation sites (N-methyl/N-ethyl adjacent to an activating group) is 1. The minimum absolute atomic E-state index is 0.200. The molecule has 0 spiro atoms. The van der Waals surface area contributed by atoms with Crippen LogP contribution < -0.4 is 10.1 Å². The number of pyridine rings is 1. The molecular weight excluding hydrogens is 248 g/mol. The number of hydrogen-bond acceptors (Lipinski definition) is 3. The molecule has 20 heavy (non-hydrogen) atoms. The van der Waals surface area contributed by atoms with Crippen molar-refractivity contribution in [1.29, 1.82) is 0 Å². The van der Waals surface area contributed by atoms with Crippen molar-refractivity contribution >= 4 is 0 Å². The summed E-state index contributed by atoms with van der Waals surface area (Å²) < 4.78 is 5.79. The molecule has 0 aromatic carbocycles. The minimum Gasteiger partial charge on any atom is -0.489 e. The van der Waals surface area contributed by atoms with Crippen LogP contribution in [0.15, 0.2) is 18.5 Å². The quantitative estimate of drug-likeness (QED) is 0.828. The Labute approximate surface area is 123 Å². The van der Waals surface area contributed by atoms with Crippen molar-refractivity contribution in [2.24, 2.45) is 0 Å². The summed E-state index contributed by atoms with van der Waals surface area (Å²) in [5.74, 6) is 1.47. The molecule has 2 rings (SSSR count). The van der Waals surface area contributed by atoms with Crippen LogP contribution in [0.4, 0.5) is 0 Å². The van der Waals surface area contributed by atoms with Crippen LogP contribution in [-0.4, -0.2) is 23.7 Å². The summed E-state index contributed by atoms with van der Waals surface area (Å²) in [4.78, 5) is 4.39. The molecule has 1 aromatic heterocycles. The van der Waals surface area contributed by atoms with Gasteiger partial charge >= 0.3 is 0 Å². The first-order valence-corrected chi connectivity index (χ1v) is 8.05. The molecule has 3 nitrogen and oxygen atoms in total. The summed E-state index contributed by atoms with van der Waals surface area (Å²) in [6.45, 7) is 7.34. The van der Waals surface area contributed by atoms with Gasteiger partial charge in [-0.3, -0.25) is 4.98 Å². The van der Waals surface area contributed by atoms with E-state index in [0.717, 1.165) is 12.3 Å². The van der Waals surface area contributed by atoms with Crippen molar-refractivity contribution in [2.75, 3.05) is 6.54 Å². The summed E-state index contributed by atoms with van der Waals surface area (Å²) in [6, 6.07) is 2.77. The van der Waals surface area contributed by atoms with E-state index < -0.39 is 0 Å². The third kappa shape index (κ3) is 4.20. The number of aromatic nitrogens is 1. The lowest BCUT2D eigenvalue weighted by Gasteiger charge is -2.26. The van der Waals surface area contributed by atoms with E-state index >= 15 is 0 Å². The Morgan fingerprint density at radius 1 is 1.25 bits per heavy atom. The molecule has 1 N–H and O–H groups in total. The van der Waals surface area contributed by atoms with Crippen molar-refractivity contribution < 1.29 is 4.74 Å². The van der Waals surface area contributed by atoms with Gasteiger partial charge in [0, 0.05) is 18.2 Å². The Kier molecular flexibility index (Phi) is 5.84. The maximum atomic E-state index is 5.79. The summed E-state index contributed by atoms with van der Waals surface area (Å²) in [5.41, 5.74) is 1.33. The lowest BCUT2D eigenvalue weighted by atomic mass is 9.88. The van der Waals surface area contributed by atoms with E-state index in [9.17, 15) is 0 Å². The topological polar surface area (TPSA) is 34.2 Å². The molecule has 1 heterocycles. The van der Waals surface area contributed by atoms with Crippen LogP contribution in [0.1, 0.15) is 64.4 Å². The molecule has 112 valence electrons. The van der Waals surface area contributed by atoms with Gasteiger partial charge in [-0.2, -0.15) is 0 Å². The van der Waals surface area contributed by atoms with Crippen molar-refractivity contribution in [2.45, 2.75) is 70.9 Å². The van der Waals surface area contributed by atoms with Gasteiger partial charge in [-0.15, -0.1) is 0 Å². The molecule has 0 radical (unpaired) electrons. The third-order valence-corrected chi connectivity index (χ3v) is 4.02. The van der Waals surface area contributed by atoms with Crippen LogP contribution in [-0.2, 0) is 0 Å². The number of nitrogens with zero attached hydrogens (tertiary/aromatic N) is 1. The van der Waals surface area contributed by atoms with Crippen molar-refractivity contribution in [3.63, 3.8) is 0 Å². The molecule has 0 bridgehead atoms. The highest BCUT2D eigenvalue weighted by Crippen LogP contribution is 2.33. The lowest BCUT2D eigenvalue weighted by molar-refractivity contribution is 0.241. The van der Waals surface area contributed by atoms with Crippen LogP contribution in [0.25, 0.3) is 0 Å². The highest BCUT2D eigenvalue weighted by atomic mass is 16.5. The fraction of sp³-hybridized carbons (Fsp3) is 0.706. The summed E-state index contributed by atoms with van der Waals surface area (Å²) in [6.07, 6.45) is 10.6. The molecule has 3 heteroatoms. The first-order chi connectivity index (χ1) is 9.70. The van der Waals surface area contributed by atoms with Gasteiger partial charge < -0.3 is 10.1 Å². The Hall–Kier alpha value is -1.09. The molecule has 0 saturated heterocycles. The molecule has 0 aliphatic heterocycles. The standard InChI is InChI=1S/C17H28N2O/c1-4-19-17-9-7-5-6-8-16(17)14-10-15(12-18-11-14)20-13(2)3/h10-13,16-17,19H,4-9H2,1-3H3. The Morgan fingerprint density at radius 3 is 2.80 bits per heavy atom. The van der Waals surface area contributed by atoms with Crippen LogP contribution in [0.5, 0.6) is 5.75 Å². The number of hydrogen-bond donors (Lipinski definition) is 1. The largest absolute Gasteiger partial charge is 0.489 e. The first-order valence-electron chi connectivity index (χ1n) is 8.05. The predicted molar refractivity (Wildman–Crippen MR) is 83.3 cm³/mol. The second-order valence-corrected chi connectivity index (χ2v) is 6.03. The van der Waals surface area contributed by atoms with E-state index in [0.29, 0.717) is 12.0 Å². The van der Waals surface area contributed by atoms with E-state index in [4.69, 9.17) is 4.74 Å². The van der Waals surface area contributed by atoms with Crippen LogP contribution >= 0.6 is 0 Å². The highest BCUT2D eigenvalue weighted by Gasteiger charge is 2.25. The fourth-order valence-corrected chi connectivity index (χ4v) is 3.19. The maximum absolute atomic E-state index is 5.79. The van der Waals surface area contributed by atoms with E-state index in [1.165, 1.54) is 37.7 Å². The van der Waals surface area contributed by atoms with Crippen molar-refractivity contribution in [3.05, 3.63) is 24.0 Å². The van der Waals surface area contributed by atoms with Gasteiger partial charge in [0.15, 0.2) is 0 Å². The van der Waals surface area contributed by atoms with E-state index in [2.05, 4.69) is 37.1 Å². The monoisotopic (exact) mass is 276 g/mol. The average molecular weight is 276 g/mol. The van der Waals surface area contributed by atoms with Crippen molar-refractivity contribution in [3.8, 4) is 5.75 Å². The number of nitrogens with one attached hydrogen (secondary N) is 1. The zero-order chi connectivity index (χ0) is 14.4. The highest BCUT2D eigenvalue weighted by molar-refractivity contribution is 5.28. The summed E-state index contributed by atoms with van der Waals surface area (Å²) in [7, 11) is 0. The smallest absolute Gasteiger partial charge is 0.138 e. The van der Waals surface area contributed by atoms with Gasteiger partial charge in [-0.05, 0) is 44.9 Å². The Morgan fingerprint density at radius 2 is 2.05 bits per heavy atom. The van der Waals surface area contributed by atoms with Crippen molar-refractivity contribution in [1.82, 2.24) is 10.3 Å². The van der Waals surface area contributed by atoms with E-state index in [-0.39, 0.29) is 6.10 Å². The SMILES string of the molecule is CCNC1CCCCCC1c1cncc(OC(C)C)c1. The zero-order valence-corrected chi connectivity index (χ0v) is 13.1. The predicted octanol–water partition coefficient (Wildman–Crippen LogP) is 3.89. The van der Waals surface area contributed by atoms with Gasteiger partial charge in [-0.1, -0.05) is 26.2 Å². The molecule has 1 aromatic rings. The van der Waals surface area contributed by atoms with Gasteiger partial charge in [0.2, 0.25) is 0 Å². The summed E-state index contributed by atoms with van der Waals surface area (Å²) >= 11 is 0. The second-order valence-electron chi connectivity index (χ2n) is 6.03. The van der Waals surface area contributed by atoms with E-state index in [1.54, 1.807) is 0 Å². The van der Waals surface area contributed by atoms with Crippen LogP contribution in [0.3, 0.4) is 0 Å². The minimum atomic E-state index is 0.200. The fourth-order valence-electron chi connectivity index (χ4n) is 3.19. The molecule has 1 fully saturated rings. The molecule has 1 aliphatic rings. The average Bonchev–Trinajstić information content (AvgIpc) is 2.64. The third-order valence-electron chi connectivity index (χ3n) is 4.02. The molecular formula is C17H28N2O. The Bertz CT molecular complexity index is 406. The van der Waals surface area contributed by atoms with Crippen LogP contribution in [0, 0.1) is 0 Å². The first kappa shape index (κ1) is 15.3. The van der Waals surface area contributed by atoms with Gasteiger partial charge in [0.25, 0.3) is 0 Å². The molecule has 2 atom stereocenters. The van der Waals surface area contributed by atoms with Crippen LogP contribution in [0.2, 0.25) is 0 Å². The number of ether oxygens (including phenoxy) is 1. The summed E-state index contributed by atoms with van der Waals surface area (Å²) in [5, 5.41) is 3.66. The zero-order valence-electron chi connectivity index (χ0n) is 13.1. The normalized spacial score (nSPS) is 23.6. The maximum Gasteiger partial charge on any atom is 0.138 e. The number of rotatable bonds is 5.